The summed E-state index contributed by atoms with van der Waals surface area (Å²) in [7, 11) is 0. The van der Waals surface area contributed by atoms with E-state index in [1.165, 1.54) is 5.71 Å². The van der Waals surface area contributed by atoms with Crippen LogP contribution in [0, 0.1) is 11.8 Å². The minimum Gasteiger partial charge on any atom is -0.396 e. The SMILES string of the molecule is CCNC(=O)C[C@@H]1N=C(C2CCC(Cl)CC2)C2CC(OCCCO)CCC2N2C(C)NNC12. The van der Waals surface area contributed by atoms with E-state index in [2.05, 4.69) is 28.0 Å². The smallest absolute Gasteiger partial charge is 0.222 e. The van der Waals surface area contributed by atoms with Gasteiger partial charge in [-0.05, 0) is 71.1 Å². The van der Waals surface area contributed by atoms with Crippen molar-refractivity contribution in [3.8, 4) is 0 Å². The van der Waals surface area contributed by atoms with Gasteiger partial charge in [0.05, 0.1) is 30.9 Å². The van der Waals surface area contributed by atoms with E-state index in [0.29, 0.717) is 43.9 Å². The zero-order valence-corrected chi connectivity index (χ0v) is 20.9. The monoisotopic (exact) mass is 483 g/mol. The van der Waals surface area contributed by atoms with Gasteiger partial charge in [-0.3, -0.25) is 14.7 Å². The van der Waals surface area contributed by atoms with Crippen molar-refractivity contribution in [2.75, 3.05) is 19.8 Å². The molecule has 0 aromatic carbocycles. The van der Waals surface area contributed by atoms with Crippen molar-refractivity contribution < 1.29 is 14.6 Å². The van der Waals surface area contributed by atoms with E-state index < -0.39 is 0 Å². The molecule has 9 heteroatoms. The average molecular weight is 484 g/mol. The van der Waals surface area contributed by atoms with Gasteiger partial charge < -0.3 is 15.2 Å². The van der Waals surface area contributed by atoms with E-state index in [4.69, 9.17) is 26.4 Å². The lowest BCUT2D eigenvalue weighted by atomic mass is 9.72. The number of rotatable bonds is 8. The van der Waals surface area contributed by atoms with Crippen molar-refractivity contribution in [2.45, 2.75) is 108 Å². The minimum absolute atomic E-state index is 0.00355. The highest BCUT2D eigenvalue weighted by atomic mass is 35.5. The number of aliphatic imine (C=N–C) groups is 1. The highest BCUT2D eigenvalue weighted by Gasteiger charge is 2.50. The maximum Gasteiger partial charge on any atom is 0.222 e. The van der Waals surface area contributed by atoms with E-state index in [1.54, 1.807) is 0 Å². The summed E-state index contributed by atoms with van der Waals surface area (Å²) < 4.78 is 6.18. The second kappa shape index (κ2) is 11.8. The van der Waals surface area contributed by atoms with Crippen LogP contribution in [0.3, 0.4) is 0 Å². The molecule has 0 radical (unpaired) electrons. The van der Waals surface area contributed by atoms with Gasteiger partial charge >= 0.3 is 0 Å². The molecule has 4 rings (SSSR count). The first kappa shape index (κ1) is 25.3. The van der Waals surface area contributed by atoms with Gasteiger partial charge in [-0.2, -0.15) is 0 Å². The molecule has 6 atom stereocenters. The molecule has 0 aromatic rings. The molecular formula is C24H42ClN5O3. The summed E-state index contributed by atoms with van der Waals surface area (Å²) in [6.07, 6.45) is 8.69. The van der Waals surface area contributed by atoms with Gasteiger partial charge in [0.1, 0.15) is 0 Å². The molecule has 2 heterocycles. The molecule has 5 unspecified atom stereocenters. The fourth-order valence-electron chi connectivity index (χ4n) is 6.37. The number of aliphatic hydroxyl groups is 1. The Kier molecular flexibility index (Phi) is 9.04. The first-order chi connectivity index (χ1) is 16.0. The molecule has 0 spiro atoms. The number of nitrogens with zero attached hydrogens (tertiary/aromatic N) is 2. The summed E-state index contributed by atoms with van der Waals surface area (Å²) in [6.45, 7) is 5.56. The Morgan fingerprint density at radius 2 is 2.03 bits per heavy atom. The minimum atomic E-state index is -0.128. The molecule has 1 saturated heterocycles. The third-order valence-electron chi connectivity index (χ3n) is 7.92. The number of hydrazine groups is 1. The van der Waals surface area contributed by atoms with Gasteiger partial charge in [-0.25, -0.2) is 10.9 Å². The first-order valence-electron chi connectivity index (χ1n) is 13.0. The number of nitrogens with one attached hydrogen (secondary N) is 3. The van der Waals surface area contributed by atoms with Crippen LogP contribution < -0.4 is 16.2 Å². The van der Waals surface area contributed by atoms with Crippen molar-refractivity contribution in [1.82, 2.24) is 21.1 Å². The van der Waals surface area contributed by atoms with Crippen LogP contribution in [0.25, 0.3) is 0 Å². The summed E-state index contributed by atoms with van der Waals surface area (Å²) in [5.74, 6) is 0.816. The van der Waals surface area contributed by atoms with Gasteiger partial charge in [0, 0.05) is 42.8 Å². The van der Waals surface area contributed by atoms with E-state index >= 15 is 0 Å². The van der Waals surface area contributed by atoms with Crippen LogP contribution in [-0.4, -0.2) is 77.3 Å². The fourth-order valence-corrected chi connectivity index (χ4v) is 6.62. The molecular weight excluding hydrogens is 442 g/mol. The highest BCUT2D eigenvalue weighted by Crippen LogP contribution is 2.42. The van der Waals surface area contributed by atoms with Gasteiger partial charge in [-0.15, -0.1) is 11.6 Å². The summed E-state index contributed by atoms with van der Waals surface area (Å²) >= 11 is 6.45. The van der Waals surface area contributed by atoms with Gasteiger partial charge in [0.2, 0.25) is 5.91 Å². The third-order valence-corrected chi connectivity index (χ3v) is 8.35. The second-order valence-electron chi connectivity index (χ2n) is 10.1. The number of alkyl halides is 1. The zero-order chi connectivity index (χ0) is 23.4. The number of carbonyl (C=O) groups is 1. The lowest BCUT2D eigenvalue weighted by Crippen LogP contribution is -2.55. The molecule has 0 bridgehead atoms. The van der Waals surface area contributed by atoms with E-state index in [0.717, 1.165) is 44.9 Å². The molecule has 188 valence electrons. The van der Waals surface area contributed by atoms with Crippen LogP contribution in [0.4, 0.5) is 0 Å². The summed E-state index contributed by atoms with van der Waals surface area (Å²) in [4.78, 5) is 20.6. The lowest BCUT2D eigenvalue weighted by molar-refractivity contribution is -0.121. The Hall–Kier alpha value is -0.770. The van der Waals surface area contributed by atoms with Crippen LogP contribution in [0.5, 0.6) is 0 Å². The van der Waals surface area contributed by atoms with Crippen LogP contribution in [0.2, 0.25) is 0 Å². The highest BCUT2D eigenvalue weighted by molar-refractivity contribution is 6.20. The predicted molar refractivity (Wildman–Crippen MR) is 130 cm³/mol. The van der Waals surface area contributed by atoms with Gasteiger partial charge in [0.25, 0.3) is 0 Å². The first-order valence-corrected chi connectivity index (χ1v) is 13.4. The Labute approximate surface area is 203 Å². The van der Waals surface area contributed by atoms with Crippen molar-refractivity contribution in [2.24, 2.45) is 16.8 Å². The van der Waals surface area contributed by atoms with Crippen LogP contribution in [0.1, 0.15) is 71.6 Å². The van der Waals surface area contributed by atoms with E-state index in [1.807, 2.05) is 6.92 Å². The van der Waals surface area contributed by atoms with Crippen LogP contribution >= 0.6 is 11.6 Å². The molecule has 2 aliphatic carbocycles. The third kappa shape index (κ3) is 5.90. The molecule has 3 fully saturated rings. The lowest BCUT2D eigenvalue weighted by Gasteiger charge is -2.44. The molecule has 1 amide bonds. The number of aliphatic hydroxyl groups excluding tert-OH is 1. The number of fused-ring (bicyclic) bond motifs is 3. The number of amides is 1. The maximum absolute atomic E-state index is 12.6. The molecule has 0 aromatic heterocycles. The van der Waals surface area contributed by atoms with E-state index in [-0.39, 0.29) is 42.4 Å². The number of hydrogen-bond acceptors (Lipinski definition) is 7. The molecule has 4 aliphatic rings. The normalized spacial score (nSPS) is 39.3. The predicted octanol–water partition coefficient (Wildman–Crippen LogP) is 2.15. The Balaban J connectivity index is 1.63. The van der Waals surface area contributed by atoms with Gasteiger partial charge in [0.15, 0.2) is 0 Å². The van der Waals surface area contributed by atoms with Crippen LogP contribution in [0.15, 0.2) is 4.99 Å². The Morgan fingerprint density at radius 1 is 1.24 bits per heavy atom. The zero-order valence-electron chi connectivity index (χ0n) is 20.1. The quantitative estimate of drug-likeness (QED) is 0.312. The summed E-state index contributed by atoms with van der Waals surface area (Å²) in [6, 6.07) is 0.244. The van der Waals surface area contributed by atoms with Crippen LogP contribution in [-0.2, 0) is 9.53 Å². The summed E-state index contributed by atoms with van der Waals surface area (Å²) in [5, 5.41) is 12.4. The van der Waals surface area contributed by atoms with Gasteiger partial charge in [-0.1, -0.05) is 0 Å². The molecule has 2 aliphatic heterocycles. The van der Waals surface area contributed by atoms with Crippen molar-refractivity contribution in [1.29, 1.82) is 0 Å². The largest absolute Gasteiger partial charge is 0.396 e. The Morgan fingerprint density at radius 3 is 2.76 bits per heavy atom. The number of halogens is 1. The number of carbonyl (C=O) groups excluding carboxylic acids is 1. The topological polar surface area (TPSA) is 98.2 Å². The second-order valence-corrected chi connectivity index (χ2v) is 10.8. The Bertz CT molecular complexity index is 687. The standard InChI is InChI=1S/C24H42ClN5O3/c1-3-26-22(32)14-20-24-29-28-15(2)30(24)21-10-9-18(33-12-4-11-31)13-19(21)23(27-20)16-5-7-17(25)8-6-16/h15-21,24,28-29,31H,3-14H2,1-2H3,(H,26,32)/t15?,16?,17?,18?,19?,20-,21?,24?/m0/s1. The molecule has 8 nitrogen and oxygen atoms in total. The molecule has 4 N–H and O–H groups in total. The summed E-state index contributed by atoms with van der Waals surface area (Å²) in [5.41, 5.74) is 8.18. The maximum atomic E-state index is 12.6. The fraction of sp³-hybridized carbons (Fsp3) is 0.917. The average Bonchev–Trinajstić information content (AvgIpc) is 3.12. The molecule has 2 saturated carbocycles. The van der Waals surface area contributed by atoms with Crippen molar-refractivity contribution in [3.05, 3.63) is 0 Å². The number of hydrogen-bond donors (Lipinski definition) is 4. The molecule has 33 heavy (non-hydrogen) atoms. The number of ether oxygens (including phenoxy) is 1. The van der Waals surface area contributed by atoms with Crippen molar-refractivity contribution in [3.63, 3.8) is 0 Å². The van der Waals surface area contributed by atoms with E-state index in [9.17, 15) is 4.79 Å². The van der Waals surface area contributed by atoms with Crippen molar-refractivity contribution >= 4 is 23.2 Å².